The van der Waals surface area contributed by atoms with Crippen LogP contribution in [0.15, 0.2) is 48.8 Å². The summed E-state index contributed by atoms with van der Waals surface area (Å²) in [6, 6.07) is 10.3. The maximum atomic E-state index is 13.5. The van der Waals surface area contributed by atoms with Crippen LogP contribution in [0.2, 0.25) is 0 Å². The van der Waals surface area contributed by atoms with Gasteiger partial charge in [0.2, 0.25) is 0 Å². The second-order valence-corrected chi connectivity index (χ2v) is 7.69. The van der Waals surface area contributed by atoms with Gasteiger partial charge in [0.1, 0.15) is 11.5 Å². The Morgan fingerprint density at radius 1 is 1.10 bits per heavy atom. The Hall–Kier alpha value is -3.35. The lowest BCUT2D eigenvalue weighted by Crippen LogP contribution is -2.39. The number of pyridine rings is 1. The fourth-order valence-corrected chi connectivity index (χ4v) is 3.78. The first kappa shape index (κ1) is 19.9. The van der Waals surface area contributed by atoms with Gasteiger partial charge in [0, 0.05) is 48.0 Å². The molecule has 3 heterocycles. The molecule has 7 heteroatoms. The van der Waals surface area contributed by atoms with E-state index in [1.54, 1.807) is 12.3 Å². The average molecular weight is 405 g/mol. The summed E-state index contributed by atoms with van der Waals surface area (Å²) in [6.07, 6.45) is 5.01. The number of piperidine rings is 1. The van der Waals surface area contributed by atoms with E-state index in [0.717, 1.165) is 35.6 Å². The number of nitrogens with zero attached hydrogens (tertiary/aromatic N) is 4. The number of aromatic nitrogens is 3. The van der Waals surface area contributed by atoms with Crippen molar-refractivity contribution in [3.05, 3.63) is 77.4 Å². The molecule has 154 valence electrons. The van der Waals surface area contributed by atoms with Gasteiger partial charge in [0.25, 0.3) is 5.91 Å². The molecular formula is C23H24FN5O. The highest BCUT2D eigenvalue weighted by Crippen LogP contribution is 2.29. The van der Waals surface area contributed by atoms with Crippen molar-refractivity contribution in [1.29, 1.82) is 0 Å². The lowest BCUT2D eigenvalue weighted by Gasteiger charge is -2.32. The lowest BCUT2D eigenvalue weighted by molar-refractivity contribution is 0.0699. The van der Waals surface area contributed by atoms with Gasteiger partial charge in [-0.2, -0.15) is 0 Å². The number of anilines is 2. The minimum atomic E-state index is -0.286. The van der Waals surface area contributed by atoms with Crippen LogP contribution in [-0.4, -0.2) is 38.8 Å². The molecule has 1 aliphatic rings. The topological polar surface area (TPSA) is 71.0 Å². The quantitative estimate of drug-likeness (QED) is 0.697. The lowest BCUT2D eigenvalue weighted by atomic mass is 9.93. The van der Waals surface area contributed by atoms with E-state index < -0.39 is 0 Å². The summed E-state index contributed by atoms with van der Waals surface area (Å²) in [4.78, 5) is 27.8. The van der Waals surface area contributed by atoms with E-state index in [1.807, 2.05) is 36.9 Å². The molecule has 1 aliphatic heterocycles. The van der Waals surface area contributed by atoms with Crippen molar-refractivity contribution in [3.63, 3.8) is 0 Å². The van der Waals surface area contributed by atoms with Gasteiger partial charge in [-0.15, -0.1) is 0 Å². The number of carbonyl (C=O) groups is 1. The molecule has 0 aliphatic carbocycles. The van der Waals surface area contributed by atoms with Gasteiger partial charge in [-0.1, -0.05) is 6.07 Å². The molecule has 1 atom stereocenters. The first-order chi connectivity index (χ1) is 14.5. The molecule has 1 saturated heterocycles. The number of likely N-dealkylation sites (tertiary alicyclic amines) is 1. The Morgan fingerprint density at radius 2 is 1.97 bits per heavy atom. The second-order valence-electron chi connectivity index (χ2n) is 7.69. The number of rotatable bonds is 4. The number of halogens is 1. The van der Waals surface area contributed by atoms with E-state index in [0.29, 0.717) is 24.5 Å². The van der Waals surface area contributed by atoms with Crippen LogP contribution in [0, 0.1) is 19.7 Å². The van der Waals surface area contributed by atoms with E-state index in [4.69, 9.17) is 4.98 Å². The van der Waals surface area contributed by atoms with Gasteiger partial charge in [0.15, 0.2) is 0 Å². The van der Waals surface area contributed by atoms with Gasteiger partial charge in [0.05, 0.1) is 11.9 Å². The van der Waals surface area contributed by atoms with E-state index in [9.17, 15) is 9.18 Å². The van der Waals surface area contributed by atoms with Crippen LogP contribution < -0.4 is 5.32 Å². The molecule has 30 heavy (non-hydrogen) atoms. The zero-order chi connectivity index (χ0) is 21.1. The first-order valence-corrected chi connectivity index (χ1v) is 10.1. The zero-order valence-electron chi connectivity index (χ0n) is 17.1. The predicted molar refractivity (Wildman–Crippen MR) is 113 cm³/mol. The summed E-state index contributed by atoms with van der Waals surface area (Å²) in [6.45, 7) is 5.07. The van der Waals surface area contributed by atoms with Crippen LogP contribution in [0.3, 0.4) is 0 Å². The number of nitrogens with one attached hydrogen (secondary N) is 1. The molecule has 3 aromatic rings. The predicted octanol–water partition coefficient (Wildman–Crippen LogP) is 4.39. The number of benzene rings is 1. The number of hydrogen-bond acceptors (Lipinski definition) is 5. The largest absolute Gasteiger partial charge is 0.355 e. The Balaban J connectivity index is 1.52. The molecule has 1 fully saturated rings. The summed E-state index contributed by atoms with van der Waals surface area (Å²) in [5.41, 5.74) is 4.50. The van der Waals surface area contributed by atoms with E-state index >= 15 is 0 Å². The number of hydrogen-bond donors (Lipinski definition) is 1. The maximum absolute atomic E-state index is 13.5. The zero-order valence-corrected chi connectivity index (χ0v) is 17.1. The highest BCUT2D eigenvalue weighted by molar-refractivity contribution is 5.92. The van der Waals surface area contributed by atoms with E-state index in [2.05, 4.69) is 15.3 Å². The fourth-order valence-electron chi connectivity index (χ4n) is 3.78. The standard InChI is InChI=1S/C23H24FN5O/c1-15-9-20(28-19-7-3-6-18(24)10-19)11-21(27-15)17-5-4-8-29(14-17)23(30)22-13-25-16(2)12-26-22/h3,6-7,9-13,17H,4-5,8,14H2,1-2H3,(H,27,28). The van der Waals surface area contributed by atoms with Gasteiger partial charge in [-0.3, -0.25) is 14.8 Å². The molecular weight excluding hydrogens is 381 g/mol. The van der Waals surface area contributed by atoms with Crippen molar-refractivity contribution >= 4 is 17.3 Å². The molecule has 0 spiro atoms. The Morgan fingerprint density at radius 3 is 2.73 bits per heavy atom. The van der Waals surface area contributed by atoms with Crippen LogP contribution in [-0.2, 0) is 0 Å². The average Bonchev–Trinajstić information content (AvgIpc) is 2.73. The summed E-state index contributed by atoms with van der Waals surface area (Å²) in [5.74, 6) is -0.251. The Kier molecular flexibility index (Phi) is 5.70. The molecule has 1 amide bonds. The molecule has 6 nitrogen and oxygen atoms in total. The van der Waals surface area contributed by atoms with E-state index in [1.165, 1.54) is 18.3 Å². The SMILES string of the molecule is Cc1cnc(C(=O)N2CCCC(c3cc(Nc4cccc(F)c4)cc(C)n3)C2)cn1. The van der Waals surface area contributed by atoms with Crippen LogP contribution in [0.4, 0.5) is 15.8 Å². The molecule has 1 aromatic carbocycles. The second kappa shape index (κ2) is 8.57. The summed E-state index contributed by atoms with van der Waals surface area (Å²) < 4.78 is 13.5. The summed E-state index contributed by atoms with van der Waals surface area (Å²) in [7, 11) is 0. The van der Waals surface area contributed by atoms with Gasteiger partial charge in [-0.25, -0.2) is 9.37 Å². The van der Waals surface area contributed by atoms with Crippen molar-refractivity contribution in [1.82, 2.24) is 19.9 Å². The van der Waals surface area contributed by atoms with Crippen molar-refractivity contribution < 1.29 is 9.18 Å². The highest BCUT2D eigenvalue weighted by atomic mass is 19.1. The van der Waals surface area contributed by atoms with Gasteiger partial charge in [-0.05, 0) is 57.0 Å². The normalized spacial score (nSPS) is 16.4. The molecule has 0 saturated carbocycles. The van der Waals surface area contributed by atoms with Gasteiger partial charge >= 0.3 is 0 Å². The van der Waals surface area contributed by atoms with Crippen molar-refractivity contribution in [2.45, 2.75) is 32.6 Å². The molecule has 2 aromatic heterocycles. The van der Waals surface area contributed by atoms with Crippen LogP contribution >= 0.6 is 0 Å². The molecule has 1 N–H and O–H groups in total. The van der Waals surface area contributed by atoms with Crippen LogP contribution in [0.25, 0.3) is 0 Å². The maximum Gasteiger partial charge on any atom is 0.274 e. The number of amides is 1. The van der Waals surface area contributed by atoms with Crippen molar-refractivity contribution in [3.8, 4) is 0 Å². The van der Waals surface area contributed by atoms with Crippen molar-refractivity contribution in [2.75, 3.05) is 18.4 Å². The third kappa shape index (κ3) is 4.62. The third-order valence-corrected chi connectivity index (χ3v) is 5.21. The minimum Gasteiger partial charge on any atom is -0.355 e. The number of carbonyl (C=O) groups excluding carboxylic acids is 1. The number of aryl methyl sites for hydroxylation is 2. The van der Waals surface area contributed by atoms with Crippen LogP contribution in [0.5, 0.6) is 0 Å². The van der Waals surface area contributed by atoms with E-state index in [-0.39, 0.29) is 17.6 Å². The summed E-state index contributed by atoms with van der Waals surface area (Å²) >= 11 is 0. The van der Waals surface area contributed by atoms with Gasteiger partial charge < -0.3 is 10.2 Å². The highest BCUT2D eigenvalue weighted by Gasteiger charge is 2.27. The monoisotopic (exact) mass is 405 g/mol. The third-order valence-electron chi connectivity index (χ3n) is 5.21. The Bertz CT molecular complexity index is 1050. The Labute approximate surface area is 175 Å². The molecule has 0 bridgehead atoms. The smallest absolute Gasteiger partial charge is 0.274 e. The molecule has 4 rings (SSSR count). The fraction of sp³-hybridized carbons (Fsp3) is 0.304. The van der Waals surface area contributed by atoms with Crippen molar-refractivity contribution in [2.24, 2.45) is 0 Å². The minimum absolute atomic E-state index is 0.0991. The first-order valence-electron chi connectivity index (χ1n) is 10.1. The molecule has 0 radical (unpaired) electrons. The van der Waals surface area contributed by atoms with Crippen LogP contribution in [0.1, 0.15) is 46.3 Å². The molecule has 1 unspecified atom stereocenters. The summed E-state index contributed by atoms with van der Waals surface area (Å²) in [5, 5.41) is 3.25.